The predicted octanol–water partition coefficient (Wildman–Crippen LogP) is 3.55. The van der Waals surface area contributed by atoms with Crippen molar-refractivity contribution in [1.82, 2.24) is 0 Å². The third-order valence-corrected chi connectivity index (χ3v) is 3.83. The fraction of sp³-hybridized carbons (Fsp3) is 0.500. The number of thioether (sulfide) groups is 1. The van der Waals surface area contributed by atoms with Crippen LogP contribution in [0.4, 0.5) is 0 Å². The first-order valence-electron chi connectivity index (χ1n) is 3.70. The molecule has 0 aromatic carbocycles. The average molecular weight is 204 g/mol. The predicted molar refractivity (Wildman–Crippen MR) is 58.1 cm³/mol. The van der Waals surface area contributed by atoms with Gasteiger partial charge in [-0.1, -0.05) is 6.07 Å². The molecule has 0 bridgehead atoms. The molecule has 3 heteroatoms. The Bertz CT molecular complexity index is 169. The summed E-state index contributed by atoms with van der Waals surface area (Å²) < 4.78 is 1.43. The van der Waals surface area contributed by atoms with Gasteiger partial charge >= 0.3 is 0 Å². The molecule has 0 nitrogen and oxygen atoms in total. The van der Waals surface area contributed by atoms with E-state index in [2.05, 4.69) is 30.1 Å². The molecule has 0 fully saturated rings. The first kappa shape index (κ1) is 9.49. The first-order valence-corrected chi connectivity index (χ1v) is 6.20. The lowest BCUT2D eigenvalue weighted by Crippen LogP contribution is -1.79. The van der Waals surface area contributed by atoms with Crippen molar-refractivity contribution in [3.63, 3.8) is 0 Å². The maximum Gasteiger partial charge on any atom is 0.0598 e. The van der Waals surface area contributed by atoms with Crippen molar-refractivity contribution >= 4 is 35.7 Å². The molecule has 0 spiro atoms. The first-order chi connectivity index (χ1) is 5.43. The largest absolute Gasteiger partial charge is 0.179 e. The van der Waals surface area contributed by atoms with Crippen molar-refractivity contribution in [2.75, 3.05) is 11.5 Å². The molecule has 0 saturated heterocycles. The molecule has 1 aromatic heterocycles. The Morgan fingerprint density at radius 2 is 2.36 bits per heavy atom. The van der Waals surface area contributed by atoms with E-state index in [0.29, 0.717) is 0 Å². The van der Waals surface area contributed by atoms with Crippen LogP contribution in [0.25, 0.3) is 0 Å². The zero-order chi connectivity index (χ0) is 7.94. The molecule has 0 amide bonds. The van der Waals surface area contributed by atoms with Crippen LogP contribution in [0.2, 0.25) is 0 Å². The van der Waals surface area contributed by atoms with E-state index in [4.69, 9.17) is 0 Å². The molecule has 11 heavy (non-hydrogen) atoms. The average Bonchev–Trinajstić information content (AvgIpc) is 2.50. The van der Waals surface area contributed by atoms with Gasteiger partial charge in [0.2, 0.25) is 0 Å². The second kappa shape index (κ2) is 5.98. The Hall–Kier alpha value is 0.400. The molecule has 0 aliphatic heterocycles. The Morgan fingerprint density at radius 1 is 1.45 bits per heavy atom. The van der Waals surface area contributed by atoms with Crippen molar-refractivity contribution in [2.45, 2.75) is 17.1 Å². The van der Waals surface area contributed by atoms with Crippen LogP contribution >= 0.6 is 35.7 Å². The number of hydrogen-bond donors (Lipinski definition) is 1. The van der Waals surface area contributed by atoms with Gasteiger partial charge in [-0.25, -0.2) is 0 Å². The summed E-state index contributed by atoms with van der Waals surface area (Å²) in [6.07, 6.45) is 2.52. The van der Waals surface area contributed by atoms with E-state index in [1.807, 2.05) is 23.1 Å². The van der Waals surface area contributed by atoms with Gasteiger partial charge in [-0.3, -0.25) is 0 Å². The summed E-state index contributed by atoms with van der Waals surface area (Å²) in [4.78, 5) is 0. The summed E-state index contributed by atoms with van der Waals surface area (Å²) >= 11 is 7.94. The van der Waals surface area contributed by atoms with Gasteiger partial charge in [0.05, 0.1) is 4.21 Å². The number of hydrogen-bond acceptors (Lipinski definition) is 3. The van der Waals surface area contributed by atoms with Crippen molar-refractivity contribution in [3.8, 4) is 0 Å². The molecule has 0 unspecified atom stereocenters. The van der Waals surface area contributed by atoms with Crippen molar-refractivity contribution in [1.29, 1.82) is 0 Å². The summed E-state index contributed by atoms with van der Waals surface area (Å²) in [6.45, 7) is 0. The molecular weight excluding hydrogens is 192 g/mol. The van der Waals surface area contributed by atoms with Gasteiger partial charge in [0.1, 0.15) is 0 Å². The van der Waals surface area contributed by atoms with Crippen LogP contribution in [0.3, 0.4) is 0 Å². The second-order valence-electron chi connectivity index (χ2n) is 2.21. The highest BCUT2D eigenvalue weighted by molar-refractivity contribution is 8.01. The lowest BCUT2D eigenvalue weighted by Gasteiger charge is -1.95. The highest BCUT2D eigenvalue weighted by Crippen LogP contribution is 2.24. The normalized spacial score (nSPS) is 10.3. The molecule has 0 atom stereocenters. The topological polar surface area (TPSA) is 0 Å². The Morgan fingerprint density at radius 3 is 3.00 bits per heavy atom. The SMILES string of the molecule is SCCCCSc1cccs1. The number of unbranched alkanes of at least 4 members (excludes halogenated alkanes) is 1. The zero-order valence-corrected chi connectivity index (χ0v) is 8.85. The van der Waals surface area contributed by atoms with E-state index in [0.717, 1.165) is 5.75 Å². The summed E-state index contributed by atoms with van der Waals surface area (Å²) in [6, 6.07) is 4.28. The zero-order valence-electron chi connectivity index (χ0n) is 6.32. The van der Waals surface area contributed by atoms with Gasteiger partial charge in [-0.05, 0) is 35.8 Å². The molecule has 0 aliphatic rings. The van der Waals surface area contributed by atoms with Crippen LogP contribution < -0.4 is 0 Å². The molecule has 0 saturated carbocycles. The number of thiol groups is 1. The highest BCUT2D eigenvalue weighted by Gasteiger charge is 1.92. The standard InChI is InChI=1S/C8H12S3/c9-5-1-2-6-10-8-4-3-7-11-8/h3-4,7,9H,1-2,5-6H2. The van der Waals surface area contributed by atoms with E-state index in [1.54, 1.807) is 0 Å². The van der Waals surface area contributed by atoms with E-state index in [-0.39, 0.29) is 0 Å². The van der Waals surface area contributed by atoms with Crippen LogP contribution in [0.15, 0.2) is 21.7 Å². The maximum atomic E-state index is 4.16. The van der Waals surface area contributed by atoms with Crippen LogP contribution in [0.1, 0.15) is 12.8 Å². The molecule has 1 heterocycles. The third-order valence-electron chi connectivity index (χ3n) is 1.29. The van der Waals surface area contributed by atoms with E-state index < -0.39 is 0 Å². The molecule has 0 radical (unpaired) electrons. The Kier molecular flexibility index (Phi) is 5.15. The summed E-state index contributed by atoms with van der Waals surface area (Å²) in [5, 5.41) is 2.13. The minimum Gasteiger partial charge on any atom is -0.179 e. The fourth-order valence-electron chi connectivity index (χ4n) is 0.732. The highest BCUT2D eigenvalue weighted by atomic mass is 32.2. The number of rotatable bonds is 5. The van der Waals surface area contributed by atoms with Crippen LogP contribution in [0, 0.1) is 0 Å². The van der Waals surface area contributed by atoms with E-state index >= 15 is 0 Å². The van der Waals surface area contributed by atoms with Gasteiger partial charge in [0.25, 0.3) is 0 Å². The van der Waals surface area contributed by atoms with Crippen molar-refractivity contribution in [2.24, 2.45) is 0 Å². The minimum absolute atomic E-state index is 1.02. The van der Waals surface area contributed by atoms with Gasteiger partial charge in [-0.15, -0.1) is 23.1 Å². The van der Waals surface area contributed by atoms with Gasteiger partial charge in [0, 0.05) is 0 Å². The van der Waals surface area contributed by atoms with Gasteiger partial charge < -0.3 is 0 Å². The van der Waals surface area contributed by atoms with E-state index in [9.17, 15) is 0 Å². The molecule has 0 aliphatic carbocycles. The Balaban J connectivity index is 2.04. The minimum atomic E-state index is 1.02. The lowest BCUT2D eigenvalue weighted by molar-refractivity contribution is 0.910. The molecule has 62 valence electrons. The van der Waals surface area contributed by atoms with Gasteiger partial charge in [0.15, 0.2) is 0 Å². The molecule has 0 N–H and O–H groups in total. The number of thiophene rings is 1. The summed E-state index contributed by atoms with van der Waals surface area (Å²) in [5.41, 5.74) is 0. The summed E-state index contributed by atoms with van der Waals surface area (Å²) in [7, 11) is 0. The summed E-state index contributed by atoms with van der Waals surface area (Å²) in [5.74, 6) is 2.26. The Labute approximate surface area is 81.8 Å². The molecular formula is C8H12S3. The quantitative estimate of drug-likeness (QED) is 0.435. The van der Waals surface area contributed by atoms with Crippen molar-refractivity contribution in [3.05, 3.63) is 17.5 Å². The monoisotopic (exact) mass is 204 g/mol. The molecule has 1 aromatic rings. The van der Waals surface area contributed by atoms with Crippen LogP contribution in [-0.4, -0.2) is 11.5 Å². The van der Waals surface area contributed by atoms with Crippen LogP contribution in [-0.2, 0) is 0 Å². The second-order valence-corrected chi connectivity index (χ2v) is 5.00. The van der Waals surface area contributed by atoms with Crippen LogP contribution in [0.5, 0.6) is 0 Å². The molecule has 1 rings (SSSR count). The van der Waals surface area contributed by atoms with Gasteiger partial charge in [-0.2, -0.15) is 12.6 Å². The fourth-order valence-corrected chi connectivity index (χ4v) is 2.82. The lowest BCUT2D eigenvalue weighted by atomic mass is 10.4. The third kappa shape index (κ3) is 4.09. The van der Waals surface area contributed by atoms with Crippen molar-refractivity contribution < 1.29 is 0 Å². The maximum absolute atomic E-state index is 4.16. The smallest absolute Gasteiger partial charge is 0.0598 e. The van der Waals surface area contributed by atoms with E-state index in [1.165, 1.54) is 22.8 Å².